The van der Waals surface area contributed by atoms with Crippen LogP contribution in [0.3, 0.4) is 0 Å². The van der Waals surface area contributed by atoms with Gasteiger partial charge in [-0.2, -0.15) is 0 Å². The summed E-state index contributed by atoms with van der Waals surface area (Å²) in [5, 5.41) is 0. The van der Waals surface area contributed by atoms with Crippen molar-refractivity contribution in [2.75, 3.05) is 13.7 Å². The van der Waals surface area contributed by atoms with E-state index in [1.165, 1.54) is 35.3 Å². The zero-order valence-corrected chi connectivity index (χ0v) is 18.2. The topological polar surface area (TPSA) is 31.0 Å². The van der Waals surface area contributed by atoms with Crippen molar-refractivity contribution in [3.63, 3.8) is 0 Å². The minimum Gasteiger partial charge on any atom is -0.493 e. The van der Waals surface area contributed by atoms with Crippen LogP contribution in [0.1, 0.15) is 30.4 Å². The van der Waals surface area contributed by atoms with Gasteiger partial charge in [-0.1, -0.05) is 42.8 Å². The van der Waals surface area contributed by atoms with E-state index in [9.17, 15) is 0 Å². The Kier molecular flexibility index (Phi) is 7.33. The molecule has 1 aliphatic rings. The summed E-state index contributed by atoms with van der Waals surface area (Å²) in [6, 6.07) is 25.0. The fraction of sp³-hybridized carbons (Fsp3) is 0.308. The zero-order chi connectivity index (χ0) is 20.6. The fourth-order valence-electron chi connectivity index (χ4n) is 3.36. The molecule has 0 radical (unpaired) electrons. The van der Waals surface area contributed by atoms with Crippen LogP contribution in [0.5, 0.6) is 17.2 Å². The van der Waals surface area contributed by atoms with Gasteiger partial charge < -0.3 is 14.2 Å². The number of unbranched alkanes of at least 4 members (excludes halogenated alkanes) is 1. The number of epoxide rings is 1. The van der Waals surface area contributed by atoms with Crippen molar-refractivity contribution in [2.24, 2.45) is 0 Å². The summed E-state index contributed by atoms with van der Waals surface area (Å²) in [5.41, 5.74) is 2.55. The SMILES string of the molecule is COc1ccc(CCCCC2CO2)cc1Oc1ccc(CSc2ccccc2)cc1. The van der Waals surface area contributed by atoms with Crippen LogP contribution in [0.15, 0.2) is 77.7 Å². The van der Waals surface area contributed by atoms with Gasteiger partial charge in [0.2, 0.25) is 0 Å². The van der Waals surface area contributed by atoms with E-state index in [1.807, 2.05) is 36.0 Å². The monoisotopic (exact) mass is 420 g/mol. The highest BCUT2D eigenvalue weighted by molar-refractivity contribution is 7.98. The predicted molar refractivity (Wildman–Crippen MR) is 123 cm³/mol. The summed E-state index contributed by atoms with van der Waals surface area (Å²) < 4.78 is 17.0. The zero-order valence-electron chi connectivity index (χ0n) is 17.4. The van der Waals surface area contributed by atoms with Crippen LogP contribution in [0.25, 0.3) is 0 Å². The molecule has 0 N–H and O–H groups in total. The lowest BCUT2D eigenvalue weighted by Gasteiger charge is -2.13. The summed E-state index contributed by atoms with van der Waals surface area (Å²) in [6.07, 6.45) is 5.11. The average molecular weight is 421 g/mol. The second-order valence-electron chi connectivity index (χ2n) is 7.53. The van der Waals surface area contributed by atoms with Crippen LogP contribution < -0.4 is 9.47 Å². The number of hydrogen-bond donors (Lipinski definition) is 0. The van der Waals surface area contributed by atoms with E-state index >= 15 is 0 Å². The molecule has 1 aliphatic heterocycles. The molecule has 0 aliphatic carbocycles. The standard InChI is InChI=1S/C26H28O3S/c1-27-25-16-13-20(7-5-6-8-23-18-28-23)17-26(25)29-22-14-11-21(12-15-22)19-30-24-9-3-2-4-10-24/h2-4,9-17,23H,5-8,18-19H2,1H3. The van der Waals surface area contributed by atoms with Gasteiger partial charge in [0.15, 0.2) is 11.5 Å². The minimum atomic E-state index is 0.522. The molecule has 30 heavy (non-hydrogen) atoms. The van der Waals surface area contributed by atoms with Crippen molar-refractivity contribution in [1.29, 1.82) is 0 Å². The lowest BCUT2D eigenvalue weighted by atomic mass is 10.1. The maximum Gasteiger partial charge on any atom is 0.169 e. The fourth-order valence-corrected chi connectivity index (χ4v) is 4.23. The first kappa shape index (κ1) is 20.8. The number of methoxy groups -OCH3 is 1. The Morgan fingerprint density at radius 2 is 1.67 bits per heavy atom. The van der Waals surface area contributed by atoms with Gasteiger partial charge in [-0.05, 0) is 66.8 Å². The Bertz CT molecular complexity index is 921. The highest BCUT2D eigenvalue weighted by atomic mass is 32.2. The molecule has 1 saturated heterocycles. The van der Waals surface area contributed by atoms with Gasteiger partial charge in [-0.3, -0.25) is 0 Å². The summed E-state index contributed by atoms with van der Waals surface area (Å²) in [5.74, 6) is 3.29. The molecule has 0 bridgehead atoms. The van der Waals surface area contributed by atoms with Gasteiger partial charge >= 0.3 is 0 Å². The predicted octanol–water partition coefficient (Wildman–Crippen LogP) is 6.89. The molecule has 0 aromatic heterocycles. The highest BCUT2D eigenvalue weighted by Crippen LogP contribution is 2.33. The number of hydrogen-bond acceptors (Lipinski definition) is 4. The third kappa shape index (κ3) is 6.28. The first-order chi connectivity index (χ1) is 14.8. The van der Waals surface area contributed by atoms with Crippen molar-refractivity contribution in [3.05, 3.63) is 83.9 Å². The van der Waals surface area contributed by atoms with Crippen molar-refractivity contribution >= 4 is 11.8 Å². The van der Waals surface area contributed by atoms with Crippen molar-refractivity contribution < 1.29 is 14.2 Å². The van der Waals surface area contributed by atoms with Gasteiger partial charge in [0.25, 0.3) is 0 Å². The lowest BCUT2D eigenvalue weighted by Crippen LogP contribution is -1.94. The molecular weight excluding hydrogens is 392 g/mol. The number of ether oxygens (including phenoxy) is 3. The number of benzene rings is 3. The molecule has 3 aromatic rings. The minimum absolute atomic E-state index is 0.522. The average Bonchev–Trinajstić information content (AvgIpc) is 3.62. The second-order valence-corrected chi connectivity index (χ2v) is 8.58. The summed E-state index contributed by atoms with van der Waals surface area (Å²) in [4.78, 5) is 1.28. The maximum absolute atomic E-state index is 6.16. The third-order valence-corrected chi connectivity index (χ3v) is 6.25. The summed E-state index contributed by atoms with van der Waals surface area (Å²) in [7, 11) is 1.68. The van der Waals surface area contributed by atoms with Crippen molar-refractivity contribution in [3.8, 4) is 17.2 Å². The number of aryl methyl sites for hydroxylation is 1. The summed E-state index contributed by atoms with van der Waals surface area (Å²) >= 11 is 1.84. The molecule has 4 rings (SSSR count). The molecule has 0 amide bonds. The molecule has 3 nitrogen and oxygen atoms in total. The molecule has 0 saturated carbocycles. The van der Waals surface area contributed by atoms with E-state index < -0.39 is 0 Å². The molecular formula is C26H28O3S. The van der Waals surface area contributed by atoms with Gasteiger partial charge in [0.1, 0.15) is 5.75 Å². The van der Waals surface area contributed by atoms with Gasteiger partial charge in [0, 0.05) is 10.6 Å². The Morgan fingerprint density at radius 1 is 0.900 bits per heavy atom. The van der Waals surface area contributed by atoms with E-state index in [0.717, 1.165) is 36.0 Å². The van der Waals surface area contributed by atoms with Crippen LogP contribution in [0.4, 0.5) is 0 Å². The highest BCUT2D eigenvalue weighted by Gasteiger charge is 2.21. The van der Waals surface area contributed by atoms with Gasteiger partial charge in [-0.15, -0.1) is 11.8 Å². The molecule has 1 heterocycles. The third-order valence-electron chi connectivity index (χ3n) is 5.17. The molecule has 156 valence electrons. The van der Waals surface area contributed by atoms with Crippen molar-refractivity contribution in [1.82, 2.24) is 0 Å². The molecule has 0 spiro atoms. The number of rotatable bonds is 11. The van der Waals surface area contributed by atoms with Gasteiger partial charge in [0.05, 0.1) is 19.8 Å². The van der Waals surface area contributed by atoms with Crippen molar-refractivity contribution in [2.45, 2.75) is 42.4 Å². The molecule has 3 aromatic carbocycles. The van der Waals surface area contributed by atoms with E-state index in [0.29, 0.717) is 6.10 Å². The van der Waals surface area contributed by atoms with Crippen LogP contribution in [-0.2, 0) is 16.9 Å². The normalized spacial score (nSPS) is 15.0. The molecule has 4 heteroatoms. The van der Waals surface area contributed by atoms with Crippen LogP contribution in [-0.4, -0.2) is 19.8 Å². The molecule has 1 fully saturated rings. The van der Waals surface area contributed by atoms with Gasteiger partial charge in [-0.25, -0.2) is 0 Å². The second kappa shape index (κ2) is 10.6. The van der Waals surface area contributed by atoms with Crippen LogP contribution in [0, 0.1) is 0 Å². The number of thioether (sulfide) groups is 1. The summed E-state index contributed by atoms with van der Waals surface area (Å²) in [6.45, 7) is 0.949. The van der Waals surface area contributed by atoms with E-state index in [1.54, 1.807) is 7.11 Å². The first-order valence-corrected chi connectivity index (χ1v) is 11.5. The molecule has 1 atom stereocenters. The first-order valence-electron chi connectivity index (χ1n) is 10.5. The Balaban J connectivity index is 1.34. The Morgan fingerprint density at radius 3 is 2.40 bits per heavy atom. The molecule has 1 unspecified atom stereocenters. The maximum atomic E-state index is 6.16. The van der Waals surface area contributed by atoms with E-state index in [-0.39, 0.29) is 0 Å². The lowest BCUT2D eigenvalue weighted by molar-refractivity contribution is 0.378. The van der Waals surface area contributed by atoms with Crippen LogP contribution >= 0.6 is 11.8 Å². The Labute approximate surface area is 183 Å². The van der Waals surface area contributed by atoms with E-state index in [4.69, 9.17) is 14.2 Å². The largest absolute Gasteiger partial charge is 0.493 e. The smallest absolute Gasteiger partial charge is 0.169 e. The van der Waals surface area contributed by atoms with Crippen LogP contribution in [0.2, 0.25) is 0 Å². The Hall–Kier alpha value is -2.43. The van der Waals surface area contributed by atoms with E-state index in [2.05, 4.69) is 48.5 Å². The quantitative estimate of drug-likeness (QED) is 0.192.